The third-order valence-electron chi connectivity index (χ3n) is 3.68. The lowest BCUT2D eigenvalue weighted by atomic mass is 10.0. The summed E-state index contributed by atoms with van der Waals surface area (Å²) in [6.45, 7) is 0.985. The molecular formula is C12H23NOS. The van der Waals surface area contributed by atoms with Gasteiger partial charge in [0.15, 0.2) is 0 Å². The van der Waals surface area contributed by atoms with Crippen LogP contribution in [-0.4, -0.2) is 30.3 Å². The highest BCUT2D eigenvalue weighted by molar-refractivity contribution is 7.99. The van der Waals surface area contributed by atoms with Crippen LogP contribution >= 0.6 is 11.8 Å². The van der Waals surface area contributed by atoms with E-state index >= 15 is 0 Å². The van der Waals surface area contributed by atoms with Gasteiger partial charge < -0.3 is 10.5 Å². The van der Waals surface area contributed by atoms with Crippen LogP contribution in [-0.2, 0) is 4.74 Å². The van der Waals surface area contributed by atoms with Crippen molar-refractivity contribution in [2.24, 2.45) is 11.7 Å². The molecule has 3 atom stereocenters. The van der Waals surface area contributed by atoms with Gasteiger partial charge in [-0.2, -0.15) is 11.8 Å². The van der Waals surface area contributed by atoms with Gasteiger partial charge in [0.05, 0.1) is 6.10 Å². The van der Waals surface area contributed by atoms with Gasteiger partial charge in [-0.3, -0.25) is 0 Å². The third kappa shape index (κ3) is 3.65. The lowest BCUT2D eigenvalue weighted by Crippen LogP contribution is -2.24. The second-order valence-corrected chi connectivity index (χ2v) is 6.00. The molecule has 1 heterocycles. The van der Waals surface area contributed by atoms with Gasteiger partial charge in [-0.1, -0.05) is 6.42 Å². The predicted octanol–water partition coefficient (Wildman–Crippen LogP) is 2.42. The molecule has 2 nitrogen and oxygen atoms in total. The molecule has 15 heavy (non-hydrogen) atoms. The zero-order chi connectivity index (χ0) is 10.5. The van der Waals surface area contributed by atoms with Crippen molar-refractivity contribution in [3.8, 4) is 0 Å². The normalized spacial score (nSPS) is 36.2. The second-order valence-electron chi connectivity index (χ2n) is 4.85. The largest absolute Gasteiger partial charge is 0.377 e. The summed E-state index contributed by atoms with van der Waals surface area (Å²) in [6, 6.07) is 0.494. The molecule has 2 N–H and O–H groups in total. The zero-order valence-corrected chi connectivity index (χ0v) is 10.3. The van der Waals surface area contributed by atoms with Crippen molar-refractivity contribution in [3.05, 3.63) is 0 Å². The molecule has 1 aliphatic heterocycles. The molecule has 3 heteroatoms. The maximum absolute atomic E-state index is 6.05. The fraction of sp³-hybridized carbons (Fsp3) is 1.00. The number of thioether (sulfide) groups is 1. The summed E-state index contributed by atoms with van der Waals surface area (Å²) >= 11 is 2.06. The number of rotatable bonds is 5. The minimum atomic E-state index is 0.494. The molecule has 1 aliphatic carbocycles. The molecule has 88 valence electrons. The van der Waals surface area contributed by atoms with Crippen LogP contribution < -0.4 is 5.73 Å². The fourth-order valence-corrected chi connectivity index (χ4v) is 3.81. The van der Waals surface area contributed by atoms with Crippen molar-refractivity contribution >= 4 is 11.8 Å². The van der Waals surface area contributed by atoms with Crippen LogP contribution in [0.2, 0.25) is 0 Å². The molecular weight excluding hydrogens is 206 g/mol. The first-order valence-corrected chi connectivity index (χ1v) is 7.46. The van der Waals surface area contributed by atoms with E-state index in [-0.39, 0.29) is 0 Å². The minimum Gasteiger partial charge on any atom is -0.377 e. The van der Waals surface area contributed by atoms with Crippen LogP contribution in [0.3, 0.4) is 0 Å². The maximum atomic E-state index is 6.05. The predicted molar refractivity (Wildman–Crippen MR) is 66.2 cm³/mol. The van der Waals surface area contributed by atoms with Gasteiger partial charge >= 0.3 is 0 Å². The Labute approximate surface area is 97.3 Å². The molecule has 2 fully saturated rings. The van der Waals surface area contributed by atoms with Gasteiger partial charge in [0.25, 0.3) is 0 Å². The molecule has 1 saturated carbocycles. The Kier molecular flexibility index (Phi) is 4.79. The van der Waals surface area contributed by atoms with Crippen LogP contribution in [0, 0.1) is 5.92 Å². The van der Waals surface area contributed by atoms with E-state index in [0.29, 0.717) is 12.1 Å². The fourth-order valence-electron chi connectivity index (χ4n) is 2.65. The highest BCUT2D eigenvalue weighted by Crippen LogP contribution is 2.28. The quantitative estimate of drug-likeness (QED) is 0.735. The molecule has 0 bridgehead atoms. The first-order valence-electron chi connectivity index (χ1n) is 6.31. The molecule has 0 spiro atoms. The van der Waals surface area contributed by atoms with Gasteiger partial charge in [-0.05, 0) is 43.8 Å². The van der Waals surface area contributed by atoms with Gasteiger partial charge in [0.1, 0.15) is 0 Å². The average molecular weight is 229 g/mol. The summed E-state index contributed by atoms with van der Waals surface area (Å²) in [7, 11) is 0. The molecule has 0 amide bonds. The number of hydrogen-bond acceptors (Lipinski definition) is 3. The summed E-state index contributed by atoms with van der Waals surface area (Å²) < 4.78 is 5.60. The topological polar surface area (TPSA) is 35.2 Å². The highest BCUT2D eigenvalue weighted by Gasteiger charge is 2.23. The van der Waals surface area contributed by atoms with Gasteiger partial charge in [0.2, 0.25) is 0 Å². The summed E-state index contributed by atoms with van der Waals surface area (Å²) in [6.07, 6.45) is 8.37. The van der Waals surface area contributed by atoms with E-state index in [0.717, 1.165) is 12.5 Å². The van der Waals surface area contributed by atoms with Gasteiger partial charge in [0, 0.05) is 18.4 Å². The van der Waals surface area contributed by atoms with Crippen LogP contribution in [0.25, 0.3) is 0 Å². The Hall–Kier alpha value is 0.270. The minimum absolute atomic E-state index is 0.494. The van der Waals surface area contributed by atoms with E-state index in [1.165, 1.54) is 50.0 Å². The lowest BCUT2D eigenvalue weighted by molar-refractivity contribution is 0.129. The summed E-state index contributed by atoms with van der Waals surface area (Å²) in [5.74, 6) is 3.28. The van der Waals surface area contributed by atoms with Crippen molar-refractivity contribution in [1.29, 1.82) is 0 Å². The Morgan fingerprint density at radius 3 is 2.80 bits per heavy atom. The number of hydrogen-bond donors (Lipinski definition) is 1. The van der Waals surface area contributed by atoms with E-state index in [1.807, 2.05) is 0 Å². The monoisotopic (exact) mass is 229 g/mol. The van der Waals surface area contributed by atoms with Crippen LogP contribution in [0.15, 0.2) is 0 Å². The molecule has 0 radical (unpaired) electrons. The Bertz CT molecular complexity index is 182. The average Bonchev–Trinajstić information content (AvgIpc) is 2.85. The zero-order valence-electron chi connectivity index (χ0n) is 9.49. The Balaban J connectivity index is 1.51. The second kappa shape index (κ2) is 6.12. The molecule has 3 unspecified atom stereocenters. The standard InChI is InChI=1S/C12H23NOS/c13-12-5-1-3-10(12)6-8-15-9-11-4-2-7-14-11/h10-12H,1-9,13H2. The van der Waals surface area contributed by atoms with Gasteiger partial charge in [-0.15, -0.1) is 0 Å². The molecule has 2 rings (SSSR count). The van der Waals surface area contributed by atoms with E-state index in [1.54, 1.807) is 0 Å². The lowest BCUT2D eigenvalue weighted by Gasteiger charge is -2.15. The molecule has 0 aromatic heterocycles. The molecule has 1 saturated heterocycles. The Morgan fingerprint density at radius 2 is 2.13 bits per heavy atom. The first-order chi connectivity index (χ1) is 7.36. The Morgan fingerprint density at radius 1 is 1.20 bits per heavy atom. The van der Waals surface area contributed by atoms with Gasteiger partial charge in [-0.25, -0.2) is 0 Å². The highest BCUT2D eigenvalue weighted by atomic mass is 32.2. The van der Waals surface area contributed by atoms with Crippen molar-refractivity contribution in [2.45, 2.75) is 50.7 Å². The van der Waals surface area contributed by atoms with Crippen molar-refractivity contribution in [2.75, 3.05) is 18.1 Å². The van der Waals surface area contributed by atoms with Crippen LogP contribution in [0.1, 0.15) is 38.5 Å². The number of ether oxygens (including phenoxy) is 1. The molecule has 2 aliphatic rings. The smallest absolute Gasteiger partial charge is 0.0666 e. The number of nitrogens with two attached hydrogens (primary N) is 1. The van der Waals surface area contributed by atoms with E-state index in [9.17, 15) is 0 Å². The molecule has 0 aromatic carbocycles. The molecule has 0 aromatic rings. The van der Waals surface area contributed by atoms with Crippen LogP contribution in [0.5, 0.6) is 0 Å². The van der Waals surface area contributed by atoms with E-state index in [4.69, 9.17) is 10.5 Å². The summed E-state index contributed by atoms with van der Waals surface area (Å²) in [5.41, 5.74) is 6.05. The van der Waals surface area contributed by atoms with Crippen molar-refractivity contribution < 1.29 is 4.74 Å². The maximum Gasteiger partial charge on any atom is 0.0666 e. The van der Waals surface area contributed by atoms with E-state index < -0.39 is 0 Å². The summed E-state index contributed by atoms with van der Waals surface area (Å²) in [5, 5.41) is 0. The van der Waals surface area contributed by atoms with E-state index in [2.05, 4.69) is 11.8 Å². The third-order valence-corrected chi connectivity index (χ3v) is 4.81. The summed E-state index contributed by atoms with van der Waals surface area (Å²) in [4.78, 5) is 0. The first kappa shape index (κ1) is 11.7. The van der Waals surface area contributed by atoms with Crippen molar-refractivity contribution in [1.82, 2.24) is 0 Å². The van der Waals surface area contributed by atoms with Crippen LogP contribution in [0.4, 0.5) is 0 Å². The SMILES string of the molecule is NC1CCCC1CCSCC1CCCO1. The van der Waals surface area contributed by atoms with Crippen molar-refractivity contribution in [3.63, 3.8) is 0 Å².